The van der Waals surface area contributed by atoms with Gasteiger partial charge in [-0.2, -0.15) is 0 Å². The van der Waals surface area contributed by atoms with Gasteiger partial charge in [0.1, 0.15) is 11.3 Å². The van der Waals surface area contributed by atoms with Crippen LogP contribution in [0.2, 0.25) is 10.0 Å². The Morgan fingerprint density at radius 3 is 2.71 bits per heavy atom. The third-order valence-corrected chi connectivity index (χ3v) is 3.81. The second kappa shape index (κ2) is 4.20. The van der Waals surface area contributed by atoms with E-state index in [1.807, 2.05) is 19.2 Å². The van der Waals surface area contributed by atoms with Gasteiger partial charge in [0.2, 0.25) is 0 Å². The quantitative estimate of drug-likeness (QED) is 0.893. The molecular weight excluding hydrogens is 257 g/mol. The summed E-state index contributed by atoms with van der Waals surface area (Å²) in [6.07, 6.45) is 2.52. The van der Waals surface area contributed by atoms with E-state index in [1.54, 1.807) is 6.07 Å². The first-order valence-electron chi connectivity index (χ1n) is 5.75. The normalized spacial score (nSPS) is 17.6. The minimum Gasteiger partial charge on any atom is -0.459 e. The molecule has 2 nitrogen and oxygen atoms in total. The highest BCUT2D eigenvalue weighted by molar-refractivity contribution is 6.38. The van der Waals surface area contributed by atoms with E-state index in [-0.39, 0.29) is 6.04 Å². The number of fused-ring (bicyclic) bond motifs is 1. The molecular formula is C13H13Cl2NO. The van der Waals surface area contributed by atoms with Crippen LogP contribution < -0.4 is 5.32 Å². The van der Waals surface area contributed by atoms with E-state index in [0.29, 0.717) is 16.0 Å². The fourth-order valence-electron chi connectivity index (χ4n) is 2.28. The first kappa shape index (κ1) is 11.4. The van der Waals surface area contributed by atoms with E-state index in [2.05, 4.69) is 5.32 Å². The van der Waals surface area contributed by atoms with Crippen LogP contribution in [-0.4, -0.2) is 7.05 Å². The monoisotopic (exact) mass is 269 g/mol. The Morgan fingerprint density at radius 1 is 1.29 bits per heavy atom. The van der Waals surface area contributed by atoms with Gasteiger partial charge in [0.05, 0.1) is 11.1 Å². The van der Waals surface area contributed by atoms with Crippen molar-refractivity contribution in [3.8, 4) is 0 Å². The predicted octanol–water partition coefficient (Wildman–Crippen LogP) is 4.41. The second-order valence-electron chi connectivity index (χ2n) is 4.55. The number of furan rings is 1. The second-order valence-corrected chi connectivity index (χ2v) is 5.40. The van der Waals surface area contributed by atoms with Crippen molar-refractivity contribution in [1.82, 2.24) is 5.32 Å². The van der Waals surface area contributed by atoms with Gasteiger partial charge in [-0.15, -0.1) is 0 Å². The topological polar surface area (TPSA) is 25.2 Å². The zero-order valence-corrected chi connectivity index (χ0v) is 11.0. The summed E-state index contributed by atoms with van der Waals surface area (Å²) in [6, 6.07) is 5.87. The van der Waals surface area contributed by atoms with Crippen LogP contribution in [0.25, 0.3) is 11.0 Å². The molecule has 1 aliphatic rings. The molecule has 0 aliphatic heterocycles. The van der Waals surface area contributed by atoms with Crippen LogP contribution in [0.4, 0.5) is 0 Å². The first-order chi connectivity index (χ1) is 8.19. The highest BCUT2D eigenvalue weighted by Crippen LogP contribution is 2.43. The zero-order chi connectivity index (χ0) is 12.0. The highest BCUT2D eigenvalue weighted by atomic mass is 35.5. The molecule has 0 saturated heterocycles. The molecule has 17 heavy (non-hydrogen) atoms. The molecule has 1 saturated carbocycles. The third-order valence-electron chi connectivity index (χ3n) is 3.28. The molecule has 0 spiro atoms. The molecule has 0 bridgehead atoms. The average Bonchev–Trinajstić information content (AvgIpc) is 3.00. The molecule has 1 aromatic heterocycles. The Balaban J connectivity index is 2.09. The van der Waals surface area contributed by atoms with Crippen LogP contribution in [0.3, 0.4) is 0 Å². The molecule has 1 aliphatic carbocycles. The van der Waals surface area contributed by atoms with Crippen molar-refractivity contribution >= 4 is 34.2 Å². The van der Waals surface area contributed by atoms with Crippen LogP contribution in [0.5, 0.6) is 0 Å². The molecule has 2 aromatic rings. The van der Waals surface area contributed by atoms with Gasteiger partial charge in [-0.25, -0.2) is 0 Å². The molecule has 90 valence electrons. The summed E-state index contributed by atoms with van der Waals surface area (Å²) in [4.78, 5) is 0. The van der Waals surface area contributed by atoms with Crippen LogP contribution in [0, 0.1) is 5.92 Å². The molecule has 4 heteroatoms. The summed E-state index contributed by atoms with van der Waals surface area (Å²) in [6.45, 7) is 0. The molecule has 1 fully saturated rings. The number of hydrogen-bond acceptors (Lipinski definition) is 2. The lowest BCUT2D eigenvalue weighted by Crippen LogP contribution is -2.17. The third kappa shape index (κ3) is 2.05. The summed E-state index contributed by atoms with van der Waals surface area (Å²) < 4.78 is 5.85. The summed E-state index contributed by atoms with van der Waals surface area (Å²) in [5.74, 6) is 1.64. The minimum atomic E-state index is 0.289. The van der Waals surface area contributed by atoms with E-state index in [1.165, 1.54) is 12.8 Å². The highest BCUT2D eigenvalue weighted by Gasteiger charge is 2.33. The van der Waals surface area contributed by atoms with Crippen molar-refractivity contribution in [3.63, 3.8) is 0 Å². The lowest BCUT2D eigenvalue weighted by Gasteiger charge is -2.11. The summed E-state index contributed by atoms with van der Waals surface area (Å²) in [7, 11) is 1.96. The van der Waals surface area contributed by atoms with Gasteiger partial charge >= 0.3 is 0 Å². The first-order valence-corrected chi connectivity index (χ1v) is 6.50. The fourth-order valence-corrected chi connectivity index (χ4v) is 2.81. The van der Waals surface area contributed by atoms with Gasteiger partial charge in [-0.3, -0.25) is 0 Å². The van der Waals surface area contributed by atoms with Gasteiger partial charge in [-0.05, 0) is 37.9 Å². The molecule has 1 heterocycles. The van der Waals surface area contributed by atoms with Gasteiger partial charge < -0.3 is 9.73 Å². The molecule has 1 atom stereocenters. The Hall–Kier alpha value is -0.700. The van der Waals surface area contributed by atoms with Crippen LogP contribution in [0.1, 0.15) is 24.6 Å². The lowest BCUT2D eigenvalue weighted by molar-refractivity contribution is 0.419. The van der Waals surface area contributed by atoms with Crippen LogP contribution in [-0.2, 0) is 0 Å². The molecule has 1 unspecified atom stereocenters. The number of halogens is 2. The average molecular weight is 270 g/mol. The molecule has 0 amide bonds. The molecule has 1 N–H and O–H groups in total. The lowest BCUT2D eigenvalue weighted by atomic mass is 10.1. The Labute approximate surface area is 110 Å². The van der Waals surface area contributed by atoms with Crippen molar-refractivity contribution in [2.24, 2.45) is 5.92 Å². The fraction of sp³-hybridized carbons (Fsp3) is 0.385. The maximum absolute atomic E-state index is 6.15. The number of rotatable bonds is 3. The molecule has 0 radical (unpaired) electrons. The number of hydrogen-bond donors (Lipinski definition) is 1. The Morgan fingerprint density at radius 2 is 2.06 bits per heavy atom. The number of benzene rings is 1. The predicted molar refractivity (Wildman–Crippen MR) is 70.8 cm³/mol. The van der Waals surface area contributed by atoms with E-state index in [9.17, 15) is 0 Å². The van der Waals surface area contributed by atoms with Crippen molar-refractivity contribution in [2.45, 2.75) is 18.9 Å². The van der Waals surface area contributed by atoms with Gasteiger partial charge in [0, 0.05) is 16.5 Å². The van der Waals surface area contributed by atoms with Crippen molar-refractivity contribution in [2.75, 3.05) is 7.05 Å². The largest absolute Gasteiger partial charge is 0.459 e. The van der Waals surface area contributed by atoms with Gasteiger partial charge in [-0.1, -0.05) is 23.2 Å². The smallest absolute Gasteiger partial charge is 0.137 e. The maximum Gasteiger partial charge on any atom is 0.137 e. The van der Waals surface area contributed by atoms with Gasteiger partial charge in [0.25, 0.3) is 0 Å². The van der Waals surface area contributed by atoms with E-state index < -0.39 is 0 Å². The number of nitrogens with one attached hydrogen (secondary N) is 1. The standard InChI is InChI=1S/C13H13Cl2NO/c1-16-13(7-2-3-7)12-6-9-10(15)4-8(14)5-11(9)17-12/h4-7,13,16H,2-3H2,1H3. The summed E-state index contributed by atoms with van der Waals surface area (Å²) in [5, 5.41) is 5.50. The van der Waals surface area contributed by atoms with Gasteiger partial charge in [0.15, 0.2) is 0 Å². The van der Waals surface area contributed by atoms with E-state index in [4.69, 9.17) is 27.6 Å². The van der Waals surface area contributed by atoms with Crippen molar-refractivity contribution in [3.05, 3.63) is 34.0 Å². The van der Waals surface area contributed by atoms with E-state index >= 15 is 0 Å². The van der Waals surface area contributed by atoms with Crippen LogP contribution in [0.15, 0.2) is 22.6 Å². The van der Waals surface area contributed by atoms with Crippen molar-refractivity contribution < 1.29 is 4.42 Å². The zero-order valence-electron chi connectivity index (χ0n) is 9.47. The van der Waals surface area contributed by atoms with Crippen molar-refractivity contribution in [1.29, 1.82) is 0 Å². The Bertz CT molecular complexity index is 560. The maximum atomic E-state index is 6.15. The summed E-state index contributed by atoms with van der Waals surface area (Å²) in [5.41, 5.74) is 0.762. The van der Waals surface area contributed by atoms with Crippen LogP contribution >= 0.6 is 23.2 Å². The molecule has 1 aromatic carbocycles. The Kier molecular flexibility index (Phi) is 2.81. The minimum absolute atomic E-state index is 0.289. The molecule has 3 rings (SSSR count). The van der Waals surface area contributed by atoms with E-state index in [0.717, 1.165) is 16.7 Å². The SMILES string of the molecule is CNC(c1cc2c(Cl)cc(Cl)cc2o1)C1CC1. The summed E-state index contributed by atoms with van der Waals surface area (Å²) >= 11 is 12.1.